The maximum atomic E-state index is 12.3. The van der Waals surface area contributed by atoms with Crippen molar-refractivity contribution in [1.82, 2.24) is 0 Å². The zero-order valence-corrected chi connectivity index (χ0v) is 24.1. The number of aliphatic carboxylic acids is 2. The van der Waals surface area contributed by atoms with E-state index in [0.29, 0.717) is 25.0 Å². The highest BCUT2D eigenvalue weighted by Crippen LogP contribution is 2.12. The molecule has 0 saturated carbocycles. The first kappa shape index (κ1) is 37.4. The second-order valence-electron chi connectivity index (χ2n) is 7.97. The third kappa shape index (κ3) is 20.3. The summed E-state index contributed by atoms with van der Waals surface area (Å²) >= 11 is 0. The van der Waals surface area contributed by atoms with Crippen molar-refractivity contribution < 1.29 is 55.7 Å². The van der Waals surface area contributed by atoms with Gasteiger partial charge >= 0.3 is 23.9 Å². The molecule has 38 heavy (non-hydrogen) atoms. The molecule has 0 saturated heterocycles. The number of carboxylic acid groups (broad SMARTS) is 2. The van der Waals surface area contributed by atoms with Gasteiger partial charge in [0.25, 0.3) is 0 Å². The van der Waals surface area contributed by atoms with Gasteiger partial charge in [0, 0.05) is 34.8 Å². The van der Waals surface area contributed by atoms with E-state index in [-0.39, 0.29) is 35.9 Å². The van der Waals surface area contributed by atoms with Crippen LogP contribution in [-0.4, -0.2) is 87.2 Å². The van der Waals surface area contributed by atoms with Crippen LogP contribution in [0.5, 0.6) is 0 Å². The number of carbonyl (C=O) groups is 4. The maximum Gasteiger partial charge on any atom is 0.334 e. The molecule has 0 heterocycles. The van der Waals surface area contributed by atoms with Crippen molar-refractivity contribution in [1.29, 1.82) is 0 Å². The highest BCUT2D eigenvalue weighted by atomic mass is 32.2. The molecule has 0 aliphatic rings. The molecule has 0 aromatic rings. The molecule has 0 radical (unpaired) electrons. The van der Waals surface area contributed by atoms with Crippen molar-refractivity contribution in [3.05, 3.63) is 23.3 Å². The minimum absolute atomic E-state index is 0.0858. The predicted octanol–water partition coefficient (Wildman–Crippen LogP) is 2.33. The van der Waals surface area contributed by atoms with Crippen molar-refractivity contribution in [2.75, 3.05) is 36.2 Å². The van der Waals surface area contributed by atoms with Gasteiger partial charge in [-0.1, -0.05) is 40.5 Å². The average Bonchev–Trinajstić information content (AvgIpc) is 2.84. The largest absolute Gasteiger partial charge is 0.478 e. The molecule has 2 N–H and O–H groups in total. The van der Waals surface area contributed by atoms with Gasteiger partial charge in [-0.25, -0.2) is 36.0 Å². The Morgan fingerprint density at radius 1 is 0.632 bits per heavy atom. The topological polar surface area (TPSA) is 195 Å². The monoisotopic (exact) mass is 584 g/mol. The van der Waals surface area contributed by atoms with Gasteiger partial charge in [-0.05, 0) is 25.7 Å². The Morgan fingerprint density at radius 3 is 1.21 bits per heavy atom. The van der Waals surface area contributed by atoms with E-state index < -0.39 is 67.9 Å². The van der Waals surface area contributed by atoms with E-state index in [2.05, 4.69) is 0 Å². The second-order valence-corrected chi connectivity index (χ2v) is 12.9. The van der Waals surface area contributed by atoms with Gasteiger partial charge in [0.15, 0.2) is 9.84 Å². The molecule has 0 aliphatic carbocycles. The fourth-order valence-electron chi connectivity index (χ4n) is 2.41. The molecule has 0 spiro atoms. The van der Waals surface area contributed by atoms with Gasteiger partial charge in [0.1, 0.15) is 9.84 Å². The third-order valence-corrected chi connectivity index (χ3v) is 8.24. The molecule has 0 aromatic heterocycles. The summed E-state index contributed by atoms with van der Waals surface area (Å²) in [5.74, 6) is -5.25. The molecule has 220 valence electrons. The average molecular weight is 585 g/mol. The van der Waals surface area contributed by atoms with E-state index in [4.69, 9.17) is 19.7 Å². The second kappa shape index (κ2) is 20.3. The third-order valence-electron chi connectivity index (χ3n) is 4.83. The number of sulfone groups is 2. The van der Waals surface area contributed by atoms with Crippen LogP contribution >= 0.6 is 0 Å². The van der Waals surface area contributed by atoms with Gasteiger partial charge in [0.05, 0.1) is 24.7 Å². The Morgan fingerprint density at radius 2 is 0.974 bits per heavy atom. The lowest BCUT2D eigenvalue weighted by Crippen LogP contribution is -2.19. The number of unbranched alkanes of at least 4 members (excludes halogenated alkanes) is 2. The van der Waals surface area contributed by atoms with E-state index in [0.717, 1.165) is 12.8 Å². The SMILES string of the molecule is CCCCOC(=O)/C(=C/C(=O)O)CCS(=O)(=O)CC/C(=C\C(=O)O)C(=O)OCCCC.CCS(=O)(=O)CC. The van der Waals surface area contributed by atoms with E-state index in [1.54, 1.807) is 13.8 Å². The normalized spacial score (nSPS) is 12.2. The summed E-state index contributed by atoms with van der Waals surface area (Å²) in [6.07, 6.45) is 3.10. The summed E-state index contributed by atoms with van der Waals surface area (Å²) in [7, 11) is -6.50. The number of hydrogen-bond acceptors (Lipinski definition) is 10. The summed E-state index contributed by atoms with van der Waals surface area (Å²) < 4.78 is 55.2. The van der Waals surface area contributed by atoms with Crippen LogP contribution in [0.2, 0.25) is 0 Å². The van der Waals surface area contributed by atoms with Crippen molar-refractivity contribution in [2.24, 2.45) is 0 Å². The molecule has 0 fully saturated rings. The Labute approximate surface area is 224 Å². The van der Waals surface area contributed by atoms with Crippen molar-refractivity contribution >= 4 is 43.6 Å². The van der Waals surface area contributed by atoms with Gasteiger partial charge in [-0.2, -0.15) is 0 Å². The smallest absolute Gasteiger partial charge is 0.334 e. The Bertz CT molecular complexity index is 968. The lowest BCUT2D eigenvalue weighted by atomic mass is 10.2. The highest BCUT2D eigenvalue weighted by Gasteiger charge is 2.21. The Balaban J connectivity index is 0. The van der Waals surface area contributed by atoms with Crippen molar-refractivity contribution in [3.8, 4) is 0 Å². The Kier molecular flexibility index (Phi) is 19.9. The Hall–Kier alpha value is -2.74. The van der Waals surface area contributed by atoms with Crippen molar-refractivity contribution in [3.63, 3.8) is 0 Å². The summed E-state index contributed by atoms with van der Waals surface area (Å²) in [5.41, 5.74) is -0.597. The van der Waals surface area contributed by atoms with E-state index in [1.807, 2.05) is 13.8 Å². The lowest BCUT2D eigenvalue weighted by molar-refractivity contribution is -0.140. The van der Waals surface area contributed by atoms with E-state index in [9.17, 15) is 36.0 Å². The number of carboxylic acids is 2. The molecule has 0 bridgehead atoms. The van der Waals surface area contributed by atoms with Crippen LogP contribution in [0.4, 0.5) is 0 Å². The fraction of sp³-hybridized carbons (Fsp3) is 0.667. The molecular formula is C24H40O12S2. The van der Waals surface area contributed by atoms with Crippen LogP contribution in [0, 0.1) is 0 Å². The molecule has 14 heteroatoms. The molecular weight excluding hydrogens is 544 g/mol. The zero-order valence-electron chi connectivity index (χ0n) is 22.4. The standard InChI is InChI=1S/C20H30O10S.C4H10O2S/c1-3-5-9-29-19(25)15(13-17(21)22)7-11-31(27,28)12-8-16(14-18(23)24)20(26)30-10-6-4-2;1-3-7(5,6)4-2/h13-14H,3-12H2,1-2H3,(H,21,22)(H,23,24);3-4H2,1-2H3/b15-13+,16-14+;. The first-order chi connectivity index (χ1) is 17.6. The highest BCUT2D eigenvalue weighted by molar-refractivity contribution is 7.91. The molecule has 0 atom stereocenters. The molecule has 0 aromatic carbocycles. The van der Waals surface area contributed by atoms with E-state index in [1.165, 1.54) is 0 Å². The number of hydrogen-bond donors (Lipinski definition) is 2. The number of ether oxygens (including phenoxy) is 2. The maximum absolute atomic E-state index is 12.3. The first-order valence-corrected chi connectivity index (χ1v) is 15.9. The number of esters is 2. The van der Waals surface area contributed by atoms with Crippen LogP contribution in [0.1, 0.15) is 66.2 Å². The fourth-order valence-corrected chi connectivity index (χ4v) is 4.08. The van der Waals surface area contributed by atoms with Crippen LogP contribution < -0.4 is 0 Å². The van der Waals surface area contributed by atoms with Crippen LogP contribution in [0.25, 0.3) is 0 Å². The summed E-state index contributed by atoms with van der Waals surface area (Å²) in [5, 5.41) is 17.8. The minimum Gasteiger partial charge on any atom is -0.478 e. The van der Waals surface area contributed by atoms with Crippen LogP contribution in [0.3, 0.4) is 0 Å². The zero-order chi connectivity index (χ0) is 29.8. The number of carbonyl (C=O) groups excluding carboxylic acids is 2. The number of rotatable bonds is 18. The van der Waals surface area contributed by atoms with E-state index >= 15 is 0 Å². The quantitative estimate of drug-likeness (QED) is 0.136. The predicted molar refractivity (Wildman–Crippen MR) is 141 cm³/mol. The lowest BCUT2D eigenvalue weighted by Gasteiger charge is -2.10. The summed E-state index contributed by atoms with van der Waals surface area (Å²) in [6.45, 7) is 7.23. The van der Waals surface area contributed by atoms with Crippen LogP contribution in [0.15, 0.2) is 23.3 Å². The molecule has 0 unspecified atom stereocenters. The van der Waals surface area contributed by atoms with Crippen LogP contribution in [-0.2, 0) is 48.3 Å². The van der Waals surface area contributed by atoms with Gasteiger partial charge in [0.2, 0.25) is 0 Å². The molecule has 0 aliphatic heterocycles. The summed E-state index contributed by atoms with van der Waals surface area (Å²) in [4.78, 5) is 45.8. The van der Waals surface area contributed by atoms with Gasteiger partial charge in [-0.15, -0.1) is 0 Å². The minimum atomic E-state index is -3.84. The molecule has 0 rings (SSSR count). The van der Waals surface area contributed by atoms with Gasteiger partial charge in [-0.3, -0.25) is 0 Å². The molecule has 0 amide bonds. The van der Waals surface area contributed by atoms with Gasteiger partial charge < -0.3 is 19.7 Å². The summed E-state index contributed by atoms with van der Waals surface area (Å²) in [6, 6.07) is 0. The molecule has 12 nitrogen and oxygen atoms in total. The first-order valence-electron chi connectivity index (χ1n) is 12.3. The van der Waals surface area contributed by atoms with Crippen molar-refractivity contribution in [2.45, 2.75) is 66.2 Å².